The molecule has 0 aliphatic heterocycles. The molecule has 0 aliphatic rings. The second kappa shape index (κ2) is 7.39. The van der Waals surface area contributed by atoms with Crippen LogP contribution < -0.4 is 5.32 Å². The lowest BCUT2D eigenvalue weighted by Crippen LogP contribution is -2.12. The molecule has 2 aromatic carbocycles. The van der Waals surface area contributed by atoms with Crippen molar-refractivity contribution >= 4 is 17.6 Å². The summed E-state index contributed by atoms with van der Waals surface area (Å²) in [6, 6.07) is 13.9. The van der Waals surface area contributed by atoms with E-state index >= 15 is 0 Å². The minimum atomic E-state index is -1.03. The van der Waals surface area contributed by atoms with Crippen molar-refractivity contribution in [2.24, 2.45) is 0 Å². The lowest BCUT2D eigenvalue weighted by molar-refractivity contribution is 0.0696. The molecule has 2 heterocycles. The summed E-state index contributed by atoms with van der Waals surface area (Å²) in [5.74, 6) is -1.29. The second-order valence-corrected chi connectivity index (χ2v) is 6.23. The van der Waals surface area contributed by atoms with Gasteiger partial charge < -0.3 is 10.4 Å². The standard InChI is InChI=1S/C20H16N6O3/c1-13-18(20(28)29)12-23-25(13)16-6-2-14(3-7-16)19(27)24-15-4-8-17(9-5-15)26-21-10-11-22-26/h2-12H,1H3,(H,24,27)(H,28,29). The van der Waals surface area contributed by atoms with Crippen LogP contribution in [0.15, 0.2) is 67.1 Å². The minimum Gasteiger partial charge on any atom is -0.478 e. The molecule has 2 aromatic heterocycles. The van der Waals surface area contributed by atoms with Gasteiger partial charge in [0.05, 0.1) is 35.7 Å². The van der Waals surface area contributed by atoms with Crippen LogP contribution in [0.4, 0.5) is 5.69 Å². The third kappa shape index (κ3) is 3.61. The Bertz CT molecular complexity index is 1160. The number of benzene rings is 2. The van der Waals surface area contributed by atoms with Crippen molar-refractivity contribution in [2.75, 3.05) is 5.32 Å². The number of aromatic carboxylic acids is 1. The molecule has 9 heteroatoms. The molecule has 4 aromatic rings. The number of carboxylic acids is 1. The molecule has 0 saturated heterocycles. The maximum atomic E-state index is 12.5. The van der Waals surface area contributed by atoms with Gasteiger partial charge in [-0.25, -0.2) is 9.48 Å². The first-order valence-corrected chi connectivity index (χ1v) is 8.69. The van der Waals surface area contributed by atoms with Crippen molar-refractivity contribution in [2.45, 2.75) is 6.92 Å². The van der Waals surface area contributed by atoms with Gasteiger partial charge in [-0.15, -0.1) is 0 Å². The Morgan fingerprint density at radius 1 is 0.897 bits per heavy atom. The van der Waals surface area contributed by atoms with Crippen LogP contribution in [0.5, 0.6) is 0 Å². The molecule has 0 atom stereocenters. The second-order valence-electron chi connectivity index (χ2n) is 6.23. The molecule has 2 N–H and O–H groups in total. The number of carboxylic acid groups (broad SMARTS) is 1. The van der Waals surface area contributed by atoms with Crippen molar-refractivity contribution < 1.29 is 14.7 Å². The zero-order chi connectivity index (χ0) is 20.4. The highest BCUT2D eigenvalue weighted by Gasteiger charge is 2.14. The summed E-state index contributed by atoms with van der Waals surface area (Å²) in [5.41, 5.74) is 3.22. The molecule has 9 nitrogen and oxygen atoms in total. The van der Waals surface area contributed by atoms with Crippen molar-refractivity contribution in [1.29, 1.82) is 0 Å². The highest BCUT2D eigenvalue weighted by atomic mass is 16.4. The molecule has 1 amide bonds. The third-order valence-electron chi connectivity index (χ3n) is 4.39. The summed E-state index contributed by atoms with van der Waals surface area (Å²) in [4.78, 5) is 25.1. The molecule has 0 fully saturated rings. The van der Waals surface area contributed by atoms with Gasteiger partial charge in [0.25, 0.3) is 5.91 Å². The van der Waals surface area contributed by atoms with Crippen LogP contribution in [0.3, 0.4) is 0 Å². The van der Waals surface area contributed by atoms with E-state index in [1.54, 1.807) is 67.8 Å². The van der Waals surface area contributed by atoms with Gasteiger partial charge in [-0.1, -0.05) is 0 Å². The van der Waals surface area contributed by atoms with Crippen LogP contribution in [-0.4, -0.2) is 41.8 Å². The number of hydrogen-bond donors (Lipinski definition) is 2. The van der Waals surface area contributed by atoms with Gasteiger partial charge in [0, 0.05) is 11.3 Å². The predicted octanol–water partition coefficient (Wildman–Crippen LogP) is 2.71. The van der Waals surface area contributed by atoms with E-state index in [1.165, 1.54) is 15.7 Å². The van der Waals surface area contributed by atoms with E-state index in [0.29, 0.717) is 22.6 Å². The number of carbonyl (C=O) groups excluding carboxylic acids is 1. The van der Waals surface area contributed by atoms with E-state index in [4.69, 9.17) is 5.11 Å². The largest absolute Gasteiger partial charge is 0.478 e. The van der Waals surface area contributed by atoms with Crippen molar-refractivity contribution in [3.8, 4) is 11.4 Å². The Labute approximate surface area is 165 Å². The van der Waals surface area contributed by atoms with Gasteiger partial charge in [-0.3, -0.25) is 4.79 Å². The zero-order valence-electron chi connectivity index (χ0n) is 15.4. The molecule has 0 radical (unpaired) electrons. The summed E-state index contributed by atoms with van der Waals surface area (Å²) in [6.07, 6.45) is 4.49. The van der Waals surface area contributed by atoms with Gasteiger partial charge in [-0.05, 0) is 55.5 Å². The topological polar surface area (TPSA) is 115 Å². The zero-order valence-corrected chi connectivity index (χ0v) is 15.4. The molecular weight excluding hydrogens is 372 g/mol. The monoisotopic (exact) mass is 388 g/mol. The van der Waals surface area contributed by atoms with Gasteiger partial charge in [0.15, 0.2) is 0 Å². The van der Waals surface area contributed by atoms with Gasteiger partial charge >= 0.3 is 5.97 Å². The van der Waals surface area contributed by atoms with E-state index in [0.717, 1.165) is 5.69 Å². The number of nitrogens with zero attached hydrogens (tertiary/aromatic N) is 5. The van der Waals surface area contributed by atoms with Crippen molar-refractivity contribution in [3.63, 3.8) is 0 Å². The van der Waals surface area contributed by atoms with Gasteiger partial charge in [0.2, 0.25) is 0 Å². The van der Waals surface area contributed by atoms with Crippen LogP contribution in [-0.2, 0) is 0 Å². The third-order valence-corrected chi connectivity index (χ3v) is 4.39. The van der Waals surface area contributed by atoms with Crippen LogP contribution in [0.1, 0.15) is 26.4 Å². The lowest BCUT2D eigenvalue weighted by atomic mass is 10.2. The highest BCUT2D eigenvalue weighted by Crippen LogP contribution is 2.17. The Kier molecular flexibility index (Phi) is 4.62. The van der Waals surface area contributed by atoms with Crippen LogP contribution in [0, 0.1) is 6.92 Å². The number of carbonyl (C=O) groups is 2. The van der Waals surface area contributed by atoms with E-state index < -0.39 is 5.97 Å². The summed E-state index contributed by atoms with van der Waals surface area (Å²) in [5, 5.41) is 24.2. The fourth-order valence-corrected chi connectivity index (χ4v) is 2.86. The van der Waals surface area contributed by atoms with Crippen LogP contribution in [0.2, 0.25) is 0 Å². The van der Waals surface area contributed by atoms with Crippen LogP contribution in [0.25, 0.3) is 11.4 Å². The molecular formula is C20H16N6O3. The molecule has 0 bridgehead atoms. The lowest BCUT2D eigenvalue weighted by Gasteiger charge is -2.08. The predicted molar refractivity (Wildman–Crippen MR) is 105 cm³/mol. The average Bonchev–Trinajstić information content (AvgIpc) is 3.39. The smallest absolute Gasteiger partial charge is 0.339 e. The summed E-state index contributed by atoms with van der Waals surface area (Å²) in [7, 11) is 0. The molecule has 4 rings (SSSR count). The summed E-state index contributed by atoms with van der Waals surface area (Å²) in [6.45, 7) is 1.68. The SMILES string of the molecule is Cc1c(C(=O)O)cnn1-c1ccc(C(=O)Nc2ccc(-n3nccn3)cc2)cc1. The number of nitrogens with one attached hydrogen (secondary N) is 1. The minimum absolute atomic E-state index is 0.139. The first-order chi connectivity index (χ1) is 14.0. The quantitative estimate of drug-likeness (QED) is 0.543. The maximum Gasteiger partial charge on any atom is 0.339 e. The van der Waals surface area contributed by atoms with Gasteiger partial charge in [0.1, 0.15) is 5.56 Å². The number of aromatic nitrogens is 5. The Balaban J connectivity index is 1.48. The molecule has 29 heavy (non-hydrogen) atoms. The van der Waals surface area contributed by atoms with E-state index in [9.17, 15) is 9.59 Å². The molecule has 0 unspecified atom stereocenters. The average molecular weight is 388 g/mol. The molecule has 144 valence electrons. The Morgan fingerprint density at radius 2 is 1.52 bits per heavy atom. The molecule has 0 spiro atoms. The van der Waals surface area contributed by atoms with E-state index in [-0.39, 0.29) is 11.5 Å². The first kappa shape index (κ1) is 18.1. The number of anilines is 1. The fourth-order valence-electron chi connectivity index (χ4n) is 2.86. The fraction of sp³-hybridized carbons (Fsp3) is 0.0500. The number of amides is 1. The maximum absolute atomic E-state index is 12.5. The van der Waals surface area contributed by atoms with Crippen molar-refractivity contribution in [1.82, 2.24) is 24.8 Å². The first-order valence-electron chi connectivity index (χ1n) is 8.69. The highest BCUT2D eigenvalue weighted by molar-refractivity contribution is 6.04. The van der Waals surface area contributed by atoms with Crippen molar-refractivity contribution in [3.05, 3.63) is 83.9 Å². The molecule has 0 aliphatic carbocycles. The number of rotatable bonds is 5. The number of hydrogen-bond acceptors (Lipinski definition) is 5. The molecule has 0 saturated carbocycles. The van der Waals surface area contributed by atoms with E-state index in [2.05, 4.69) is 20.6 Å². The van der Waals surface area contributed by atoms with E-state index in [1.807, 2.05) is 0 Å². The Hall–Kier alpha value is -4.27. The normalized spacial score (nSPS) is 10.7. The van der Waals surface area contributed by atoms with Gasteiger partial charge in [-0.2, -0.15) is 20.1 Å². The Morgan fingerprint density at radius 3 is 2.10 bits per heavy atom. The summed E-state index contributed by atoms with van der Waals surface area (Å²) < 4.78 is 1.52. The summed E-state index contributed by atoms with van der Waals surface area (Å²) >= 11 is 0. The van der Waals surface area contributed by atoms with Crippen LogP contribution >= 0.6 is 0 Å².